The number of fused-ring (bicyclic) bond motifs is 1. The molecule has 2 fully saturated rings. The first-order valence-corrected chi connectivity index (χ1v) is 8.66. The second-order valence-corrected chi connectivity index (χ2v) is 6.77. The van der Waals surface area contributed by atoms with Gasteiger partial charge in [0.05, 0.1) is 24.4 Å². The Morgan fingerprint density at radius 3 is 3.05 bits per heavy atom. The zero-order valence-electron chi connectivity index (χ0n) is 12.5. The maximum absolute atomic E-state index is 5.97. The molecule has 1 N–H and O–H groups in total. The number of hydrogen-bond donors (Lipinski definition) is 1. The Hall–Kier alpha value is -0.650. The van der Waals surface area contributed by atoms with E-state index in [1.165, 1.54) is 41.4 Å². The van der Waals surface area contributed by atoms with Crippen molar-refractivity contribution in [1.82, 2.24) is 10.3 Å². The van der Waals surface area contributed by atoms with Crippen LogP contribution in [0.4, 0.5) is 5.13 Å². The number of morpholine rings is 1. The van der Waals surface area contributed by atoms with E-state index >= 15 is 0 Å². The van der Waals surface area contributed by atoms with E-state index in [-0.39, 0.29) is 0 Å². The molecule has 0 radical (unpaired) electrons. The van der Waals surface area contributed by atoms with Gasteiger partial charge in [-0.1, -0.05) is 19.8 Å². The highest BCUT2D eigenvalue weighted by Crippen LogP contribution is 2.35. The molecule has 2 heterocycles. The third kappa shape index (κ3) is 2.71. The van der Waals surface area contributed by atoms with Crippen molar-refractivity contribution in [3.8, 4) is 0 Å². The summed E-state index contributed by atoms with van der Waals surface area (Å²) >= 11 is 1.87. The first-order valence-electron chi connectivity index (χ1n) is 7.85. The molecule has 0 amide bonds. The Labute approximate surface area is 125 Å². The Kier molecular flexibility index (Phi) is 4.58. The molecule has 1 aromatic heterocycles. The minimum atomic E-state index is 0.430. The Morgan fingerprint density at radius 2 is 2.25 bits per heavy atom. The molecule has 1 aromatic rings. The third-order valence-corrected chi connectivity index (χ3v) is 5.55. The Balaban J connectivity index is 1.83. The van der Waals surface area contributed by atoms with E-state index in [1.807, 2.05) is 18.4 Å². The summed E-state index contributed by atoms with van der Waals surface area (Å²) in [6.07, 6.45) is 6.57. The van der Waals surface area contributed by atoms with Gasteiger partial charge in [0.15, 0.2) is 5.13 Å². The van der Waals surface area contributed by atoms with Crippen LogP contribution < -0.4 is 10.2 Å². The van der Waals surface area contributed by atoms with Crippen molar-refractivity contribution < 1.29 is 4.74 Å². The first kappa shape index (κ1) is 14.3. The van der Waals surface area contributed by atoms with Crippen molar-refractivity contribution in [1.29, 1.82) is 0 Å². The van der Waals surface area contributed by atoms with Crippen LogP contribution in [0.15, 0.2) is 0 Å². The zero-order chi connectivity index (χ0) is 13.9. The topological polar surface area (TPSA) is 37.4 Å². The van der Waals surface area contributed by atoms with E-state index in [0.717, 1.165) is 26.1 Å². The van der Waals surface area contributed by atoms with Gasteiger partial charge in [-0.05, 0) is 26.3 Å². The van der Waals surface area contributed by atoms with Gasteiger partial charge in [-0.15, -0.1) is 11.3 Å². The number of nitrogens with one attached hydrogen (secondary N) is 1. The third-order valence-electron chi connectivity index (χ3n) is 4.42. The van der Waals surface area contributed by atoms with Gasteiger partial charge in [-0.25, -0.2) is 4.98 Å². The summed E-state index contributed by atoms with van der Waals surface area (Å²) in [5.41, 5.74) is 1.26. The molecule has 20 heavy (non-hydrogen) atoms. The molecular weight excluding hydrogens is 270 g/mol. The zero-order valence-corrected chi connectivity index (χ0v) is 13.3. The van der Waals surface area contributed by atoms with E-state index in [2.05, 4.69) is 17.1 Å². The van der Waals surface area contributed by atoms with Crippen molar-refractivity contribution in [2.45, 2.75) is 57.7 Å². The lowest BCUT2D eigenvalue weighted by atomic mass is 9.90. The van der Waals surface area contributed by atoms with Crippen LogP contribution in [-0.4, -0.2) is 37.3 Å². The smallest absolute Gasteiger partial charge is 0.186 e. The molecular formula is C15H25N3OS. The van der Waals surface area contributed by atoms with Crippen molar-refractivity contribution >= 4 is 16.5 Å². The fourth-order valence-electron chi connectivity index (χ4n) is 3.40. The highest BCUT2D eigenvalue weighted by molar-refractivity contribution is 7.15. The molecule has 1 aliphatic carbocycles. The van der Waals surface area contributed by atoms with Crippen LogP contribution >= 0.6 is 11.3 Å². The molecule has 112 valence electrons. The Bertz CT molecular complexity index is 446. The number of aromatic nitrogens is 1. The molecule has 0 spiro atoms. The monoisotopic (exact) mass is 295 g/mol. The molecule has 0 aromatic carbocycles. The fourth-order valence-corrected chi connectivity index (χ4v) is 4.65. The molecule has 3 rings (SSSR count). The Morgan fingerprint density at radius 1 is 1.40 bits per heavy atom. The van der Waals surface area contributed by atoms with Crippen LogP contribution in [0.2, 0.25) is 0 Å². The van der Waals surface area contributed by atoms with Gasteiger partial charge in [0.25, 0.3) is 0 Å². The molecule has 2 unspecified atom stereocenters. The van der Waals surface area contributed by atoms with Crippen molar-refractivity contribution in [3.05, 3.63) is 10.6 Å². The van der Waals surface area contributed by atoms with Crippen LogP contribution in [0.3, 0.4) is 0 Å². The summed E-state index contributed by atoms with van der Waals surface area (Å²) in [6.45, 7) is 4.97. The number of aryl methyl sites for hydroxylation is 1. The lowest BCUT2D eigenvalue weighted by molar-refractivity contribution is -0.00869. The largest absolute Gasteiger partial charge is 0.374 e. The second kappa shape index (κ2) is 6.41. The fraction of sp³-hybridized carbons (Fsp3) is 0.800. The van der Waals surface area contributed by atoms with Crippen molar-refractivity contribution in [2.24, 2.45) is 0 Å². The average Bonchev–Trinajstić information content (AvgIpc) is 2.90. The number of nitrogens with zero attached hydrogens (tertiary/aromatic N) is 2. The number of thiazole rings is 1. The van der Waals surface area contributed by atoms with Crippen LogP contribution in [0.1, 0.15) is 43.2 Å². The lowest BCUT2D eigenvalue weighted by Crippen LogP contribution is -2.52. The SMILES string of the molecule is CCc1nc(N2CCOC3CCCCC32)sc1CNC. The van der Waals surface area contributed by atoms with Gasteiger partial charge < -0.3 is 15.0 Å². The molecule has 4 nitrogen and oxygen atoms in total. The molecule has 2 aliphatic rings. The van der Waals surface area contributed by atoms with Crippen LogP contribution in [-0.2, 0) is 17.7 Å². The summed E-state index contributed by atoms with van der Waals surface area (Å²) in [5, 5.41) is 4.47. The predicted molar refractivity (Wildman–Crippen MR) is 83.6 cm³/mol. The van der Waals surface area contributed by atoms with Crippen molar-refractivity contribution in [3.63, 3.8) is 0 Å². The van der Waals surface area contributed by atoms with E-state index in [0.29, 0.717) is 12.1 Å². The highest BCUT2D eigenvalue weighted by Gasteiger charge is 2.35. The summed E-state index contributed by atoms with van der Waals surface area (Å²) in [5.74, 6) is 0. The normalized spacial score (nSPS) is 26.6. The highest BCUT2D eigenvalue weighted by atomic mass is 32.1. The molecule has 5 heteroatoms. The average molecular weight is 295 g/mol. The number of hydrogen-bond acceptors (Lipinski definition) is 5. The number of anilines is 1. The minimum Gasteiger partial charge on any atom is -0.374 e. The summed E-state index contributed by atoms with van der Waals surface area (Å²) in [4.78, 5) is 8.83. The quantitative estimate of drug-likeness (QED) is 0.926. The molecule has 2 atom stereocenters. The number of ether oxygens (including phenoxy) is 1. The molecule has 1 saturated carbocycles. The van der Waals surface area contributed by atoms with Gasteiger partial charge in [-0.3, -0.25) is 0 Å². The summed E-state index contributed by atoms with van der Waals surface area (Å²) < 4.78 is 5.97. The lowest BCUT2D eigenvalue weighted by Gasteiger charge is -2.43. The standard InChI is InChI=1S/C15H25N3OS/c1-3-11-14(10-16-2)20-15(17-11)18-8-9-19-13-7-5-4-6-12(13)18/h12-13,16H,3-10H2,1-2H3. The first-order chi connectivity index (χ1) is 9.83. The molecule has 0 bridgehead atoms. The van der Waals surface area contributed by atoms with Gasteiger partial charge in [0, 0.05) is 18.0 Å². The van der Waals surface area contributed by atoms with Gasteiger partial charge in [0.1, 0.15) is 0 Å². The summed E-state index contributed by atoms with van der Waals surface area (Å²) in [6, 6.07) is 0.552. The predicted octanol–water partition coefficient (Wildman–Crippen LogP) is 2.57. The van der Waals surface area contributed by atoms with E-state index in [1.54, 1.807) is 0 Å². The van der Waals surface area contributed by atoms with E-state index < -0.39 is 0 Å². The molecule has 1 aliphatic heterocycles. The van der Waals surface area contributed by atoms with Gasteiger partial charge >= 0.3 is 0 Å². The maximum Gasteiger partial charge on any atom is 0.186 e. The van der Waals surface area contributed by atoms with Crippen LogP contribution in [0.5, 0.6) is 0 Å². The van der Waals surface area contributed by atoms with Crippen LogP contribution in [0.25, 0.3) is 0 Å². The van der Waals surface area contributed by atoms with E-state index in [9.17, 15) is 0 Å². The van der Waals surface area contributed by atoms with Gasteiger partial charge in [0.2, 0.25) is 0 Å². The number of rotatable bonds is 4. The van der Waals surface area contributed by atoms with Crippen molar-refractivity contribution in [2.75, 3.05) is 25.1 Å². The minimum absolute atomic E-state index is 0.430. The van der Waals surface area contributed by atoms with Gasteiger partial charge in [-0.2, -0.15) is 0 Å². The van der Waals surface area contributed by atoms with Crippen LogP contribution in [0, 0.1) is 0 Å². The van der Waals surface area contributed by atoms with E-state index in [4.69, 9.17) is 9.72 Å². The maximum atomic E-state index is 5.97. The molecule has 1 saturated heterocycles. The summed E-state index contributed by atoms with van der Waals surface area (Å²) in [7, 11) is 2.00. The second-order valence-electron chi connectivity index (χ2n) is 5.70.